The fourth-order valence-electron chi connectivity index (χ4n) is 4.47. The Morgan fingerprint density at radius 2 is 1.81 bits per heavy atom. The van der Waals surface area contributed by atoms with Gasteiger partial charge in [0.2, 0.25) is 0 Å². The molecule has 0 radical (unpaired) electrons. The van der Waals surface area contributed by atoms with Gasteiger partial charge < -0.3 is 20.3 Å². The molecular weight excluding hydrogens is 386 g/mol. The van der Waals surface area contributed by atoms with Crippen LogP contribution < -0.4 is 15.5 Å². The number of rotatable bonds is 6. The number of anilines is 1. The molecule has 2 N–H and O–H groups in total. The molecule has 166 valence electrons. The number of nitrogens with zero attached hydrogens (tertiary/aromatic N) is 3. The molecule has 0 aliphatic carbocycles. The highest BCUT2D eigenvalue weighted by Gasteiger charge is 2.25. The highest BCUT2D eigenvalue weighted by molar-refractivity contribution is 5.80. The monoisotopic (exact) mass is 421 g/mol. The number of hydrogen-bond donors (Lipinski definition) is 2. The van der Waals surface area contributed by atoms with E-state index in [1.54, 1.807) is 0 Å². The standard InChI is InChI=1S/C25H35N5O/c1-20-8-10-21(11-9-20)24(29-14-16-31-17-15-29)18-27-25(26-2)28-22-12-13-30(19-22)23-6-4-3-5-7-23/h3-11,22,24H,12-19H2,1-2H3,(H2,26,27,28). The summed E-state index contributed by atoms with van der Waals surface area (Å²) in [6.07, 6.45) is 1.11. The van der Waals surface area contributed by atoms with Gasteiger partial charge in [-0.3, -0.25) is 9.89 Å². The van der Waals surface area contributed by atoms with E-state index in [2.05, 4.69) is 86.9 Å². The van der Waals surface area contributed by atoms with Crippen LogP contribution in [0.2, 0.25) is 0 Å². The third-order valence-electron chi connectivity index (χ3n) is 6.29. The van der Waals surface area contributed by atoms with Crippen LogP contribution in [0.25, 0.3) is 0 Å². The molecule has 0 bridgehead atoms. The Morgan fingerprint density at radius 3 is 2.52 bits per heavy atom. The number of nitrogens with one attached hydrogen (secondary N) is 2. The van der Waals surface area contributed by atoms with Crippen LogP contribution >= 0.6 is 0 Å². The lowest BCUT2D eigenvalue weighted by molar-refractivity contribution is 0.0170. The second-order valence-corrected chi connectivity index (χ2v) is 8.44. The van der Waals surface area contributed by atoms with Gasteiger partial charge >= 0.3 is 0 Å². The van der Waals surface area contributed by atoms with Crippen LogP contribution in [-0.4, -0.2) is 69.9 Å². The van der Waals surface area contributed by atoms with E-state index in [0.717, 1.165) is 58.3 Å². The van der Waals surface area contributed by atoms with Crippen LogP contribution in [0.4, 0.5) is 5.69 Å². The molecular formula is C25H35N5O. The summed E-state index contributed by atoms with van der Waals surface area (Å²) in [5.74, 6) is 0.880. The number of aliphatic imine (C=N–C) groups is 1. The molecule has 2 unspecified atom stereocenters. The molecule has 6 heteroatoms. The van der Waals surface area contributed by atoms with Crippen molar-refractivity contribution in [1.82, 2.24) is 15.5 Å². The summed E-state index contributed by atoms with van der Waals surface area (Å²) < 4.78 is 5.58. The summed E-state index contributed by atoms with van der Waals surface area (Å²) in [7, 11) is 1.86. The van der Waals surface area contributed by atoms with E-state index in [4.69, 9.17) is 4.74 Å². The van der Waals surface area contributed by atoms with Gasteiger partial charge in [-0.2, -0.15) is 0 Å². The van der Waals surface area contributed by atoms with Gasteiger partial charge in [-0.05, 0) is 31.0 Å². The molecule has 0 saturated carbocycles. The van der Waals surface area contributed by atoms with E-state index in [-0.39, 0.29) is 0 Å². The summed E-state index contributed by atoms with van der Waals surface area (Å²) in [5, 5.41) is 7.24. The number of aryl methyl sites for hydroxylation is 1. The normalized spacial score (nSPS) is 21.2. The molecule has 31 heavy (non-hydrogen) atoms. The second-order valence-electron chi connectivity index (χ2n) is 8.44. The molecule has 2 aromatic rings. The fourth-order valence-corrected chi connectivity index (χ4v) is 4.47. The van der Waals surface area contributed by atoms with E-state index in [0.29, 0.717) is 12.1 Å². The Labute approximate surface area is 186 Å². The first kappa shape index (κ1) is 21.7. The highest BCUT2D eigenvalue weighted by Crippen LogP contribution is 2.22. The number of para-hydroxylation sites is 1. The van der Waals surface area contributed by atoms with Crippen LogP contribution in [0.3, 0.4) is 0 Å². The first-order chi connectivity index (χ1) is 15.2. The van der Waals surface area contributed by atoms with Crippen LogP contribution in [-0.2, 0) is 4.74 Å². The predicted molar refractivity (Wildman–Crippen MR) is 128 cm³/mol. The summed E-state index contributed by atoms with van der Waals surface area (Å²) in [6.45, 7) is 8.53. The average molecular weight is 422 g/mol. The van der Waals surface area contributed by atoms with Gasteiger partial charge in [-0.15, -0.1) is 0 Å². The molecule has 0 spiro atoms. The van der Waals surface area contributed by atoms with Gasteiger partial charge in [0.25, 0.3) is 0 Å². The van der Waals surface area contributed by atoms with Crippen molar-refractivity contribution in [3.8, 4) is 0 Å². The molecule has 2 atom stereocenters. The zero-order chi connectivity index (χ0) is 21.5. The number of benzene rings is 2. The zero-order valence-corrected chi connectivity index (χ0v) is 18.8. The fraction of sp³-hybridized carbons (Fsp3) is 0.480. The average Bonchev–Trinajstić information content (AvgIpc) is 3.29. The molecule has 0 aromatic heterocycles. The minimum absolute atomic E-state index is 0.299. The van der Waals surface area contributed by atoms with E-state index in [9.17, 15) is 0 Å². The molecule has 2 aliphatic rings. The molecule has 2 aromatic carbocycles. The van der Waals surface area contributed by atoms with E-state index < -0.39 is 0 Å². The molecule has 0 amide bonds. The number of hydrogen-bond acceptors (Lipinski definition) is 4. The molecule has 2 fully saturated rings. The Bertz CT molecular complexity index is 833. The van der Waals surface area contributed by atoms with Crippen molar-refractivity contribution in [2.75, 3.05) is 57.9 Å². The van der Waals surface area contributed by atoms with Crippen molar-refractivity contribution >= 4 is 11.6 Å². The van der Waals surface area contributed by atoms with Crippen molar-refractivity contribution in [3.05, 3.63) is 65.7 Å². The zero-order valence-electron chi connectivity index (χ0n) is 18.8. The van der Waals surface area contributed by atoms with Crippen LogP contribution in [0, 0.1) is 6.92 Å². The minimum atomic E-state index is 0.299. The quantitative estimate of drug-likeness (QED) is 0.555. The Balaban J connectivity index is 1.36. The van der Waals surface area contributed by atoms with Crippen molar-refractivity contribution in [2.24, 2.45) is 4.99 Å². The van der Waals surface area contributed by atoms with Crippen LogP contribution in [0.15, 0.2) is 59.6 Å². The first-order valence-corrected chi connectivity index (χ1v) is 11.4. The molecule has 4 rings (SSSR count). The first-order valence-electron chi connectivity index (χ1n) is 11.4. The lowest BCUT2D eigenvalue weighted by atomic mass is 10.0. The van der Waals surface area contributed by atoms with Gasteiger partial charge in [0.15, 0.2) is 5.96 Å². The topological polar surface area (TPSA) is 52.1 Å². The van der Waals surface area contributed by atoms with Crippen molar-refractivity contribution in [1.29, 1.82) is 0 Å². The highest BCUT2D eigenvalue weighted by atomic mass is 16.5. The van der Waals surface area contributed by atoms with Crippen LogP contribution in [0.5, 0.6) is 0 Å². The smallest absolute Gasteiger partial charge is 0.191 e. The van der Waals surface area contributed by atoms with E-state index in [1.165, 1.54) is 16.8 Å². The van der Waals surface area contributed by atoms with Gasteiger partial charge in [-0.1, -0.05) is 48.0 Å². The summed E-state index contributed by atoms with van der Waals surface area (Å²) >= 11 is 0. The van der Waals surface area contributed by atoms with Gasteiger partial charge in [0.05, 0.1) is 19.3 Å². The van der Waals surface area contributed by atoms with E-state index in [1.807, 2.05) is 7.05 Å². The van der Waals surface area contributed by atoms with Crippen molar-refractivity contribution in [3.63, 3.8) is 0 Å². The summed E-state index contributed by atoms with van der Waals surface area (Å²) in [5.41, 5.74) is 3.92. The maximum absolute atomic E-state index is 5.58. The Morgan fingerprint density at radius 1 is 1.06 bits per heavy atom. The Kier molecular flexibility index (Phi) is 7.43. The van der Waals surface area contributed by atoms with E-state index >= 15 is 0 Å². The SMILES string of the molecule is CN=C(NCC(c1ccc(C)cc1)N1CCOCC1)NC1CCN(c2ccccc2)C1. The number of morpholine rings is 1. The summed E-state index contributed by atoms with van der Waals surface area (Å²) in [4.78, 5) is 9.46. The Hall–Kier alpha value is -2.57. The van der Waals surface area contributed by atoms with Gasteiger partial charge in [0, 0.05) is 51.5 Å². The molecule has 2 heterocycles. The van der Waals surface area contributed by atoms with Crippen LogP contribution in [0.1, 0.15) is 23.6 Å². The largest absolute Gasteiger partial charge is 0.379 e. The molecule has 2 aliphatic heterocycles. The lowest BCUT2D eigenvalue weighted by Gasteiger charge is -2.35. The van der Waals surface area contributed by atoms with Gasteiger partial charge in [-0.25, -0.2) is 0 Å². The van der Waals surface area contributed by atoms with Crippen molar-refractivity contribution < 1.29 is 4.74 Å². The maximum Gasteiger partial charge on any atom is 0.191 e. The lowest BCUT2D eigenvalue weighted by Crippen LogP contribution is -2.48. The molecule has 6 nitrogen and oxygen atoms in total. The summed E-state index contributed by atoms with van der Waals surface area (Å²) in [6, 6.07) is 20.2. The number of ether oxygens (including phenoxy) is 1. The minimum Gasteiger partial charge on any atom is -0.379 e. The second kappa shape index (κ2) is 10.6. The van der Waals surface area contributed by atoms with Crippen molar-refractivity contribution in [2.45, 2.75) is 25.4 Å². The maximum atomic E-state index is 5.58. The molecule has 2 saturated heterocycles. The van der Waals surface area contributed by atoms with Gasteiger partial charge in [0.1, 0.15) is 0 Å². The predicted octanol–water partition coefficient (Wildman–Crippen LogP) is 2.81. The number of guanidine groups is 1. The third-order valence-corrected chi connectivity index (χ3v) is 6.29. The third kappa shape index (κ3) is 5.77.